The first kappa shape index (κ1) is 18.4. The van der Waals surface area contributed by atoms with Crippen LogP contribution in [0.4, 0.5) is 0 Å². The smallest absolute Gasteiger partial charge is 0.0928 e. The van der Waals surface area contributed by atoms with Crippen molar-refractivity contribution >= 4 is 0 Å². The summed E-state index contributed by atoms with van der Waals surface area (Å²) in [5.74, 6) is 0.511. The Morgan fingerprint density at radius 3 is 2.85 bits per heavy atom. The van der Waals surface area contributed by atoms with Gasteiger partial charge < -0.3 is 10.0 Å². The maximum absolute atomic E-state index is 11.5. The Hall–Kier alpha value is -0.980. The number of hydrazine groups is 1. The Morgan fingerprint density at radius 2 is 2.00 bits per heavy atom. The Kier molecular flexibility index (Phi) is 5.62. The van der Waals surface area contributed by atoms with Crippen molar-refractivity contribution < 1.29 is 5.11 Å². The highest BCUT2D eigenvalue weighted by molar-refractivity contribution is 5.20. The van der Waals surface area contributed by atoms with Gasteiger partial charge in [-0.2, -0.15) is 0 Å². The lowest BCUT2D eigenvalue weighted by Crippen LogP contribution is -2.62. The monoisotopic (exact) mass is 358 g/mol. The van der Waals surface area contributed by atoms with Gasteiger partial charge in [0, 0.05) is 31.6 Å². The molecule has 2 unspecified atom stereocenters. The fraction of sp³-hybridized carbons (Fsp3) is 0.714. The van der Waals surface area contributed by atoms with Crippen molar-refractivity contribution in [3.63, 3.8) is 0 Å². The minimum absolute atomic E-state index is 0.339. The van der Waals surface area contributed by atoms with Gasteiger partial charge in [-0.3, -0.25) is 10.3 Å². The predicted molar refractivity (Wildman–Crippen MR) is 105 cm³/mol. The molecule has 0 saturated carbocycles. The molecule has 0 aromatic heterocycles. The predicted octanol–water partition coefficient (Wildman–Crippen LogP) is 1.76. The molecule has 0 radical (unpaired) electrons. The van der Waals surface area contributed by atoms with E-state index in [2.05, 4.69) is 58.0 Å². The third-order valence-corrected chi connectivity index (χ3v) is 6.63. The van der Waals surface area contributed by atoms with Crippen LogP contribution < -0.4 is 10.9 Å². The summed E-state index contributed by atoms with van der Waals surface area (Å²) in [6, 6.07) is 11.4. The Balaban J connectivity index is 1.39. The molecule has 5 heteroatoms. The normalized spacial score (nSPS) is 35.6. The van der Waals surface area contributed by atoms with Gasteiger partial charge in [0.25, 0.3) is 0 Å². The van der Waals surface area contributed by atoms with Crippen LogP contribution in [-0.4, -0.2) is 66.3 Å². The van der Waals surface area contributed by atoms with Crippen LogP contribution in [0.25, 0.3) is 0 Å². The molecule has 0 spiro atoms. The fourth-order valence-corrected chi connectivity index (χ4v) is 5.46. The second-order valence-corrected chi connectivity index (χ2v) is 8.63. The molecule has 144 valence electrons. The van der Waals surface area contributed by atoms with Gasteiger partial charge in [0.15, 0.2) is 0 Å². The van der Waals surface area contributed by atoms with Gasteiger partial charge in [0.1, 0.15) is 0 Å². The van der Waals surface area contributed by atoms with Crippen molar-refractivity contribution in [2.75, 3.05) is 39.8 Å². The van der Waals surface area contributed by atoms with Crippen molar-refractivity contribution in [1.82, 2.24) is 20.7 Å². The lowest BCUT2D eigenvalue weighted by Gasteiger charge is -2.50. The van der Waals surface area contributed by atoms with Crippen LogP contribution in [-0.2, 0) is 0 Å². The lowest BCUT2D eigenvalue weighted by atomic mass is 9.79. The molecular formula is C21H34N4O. The van der Waals surface area contributed by atoms with Crippen LogP contribution in [0.3, 0.4) is 0 Å². The zero-order valence-corrected chi connectivity index (χ0v) is 16.0. The number of benzene rings is 1. The summed E-state index contributed by atoms with van der Waals surface area (Å²) < 4.78 is 0. The number of hydrogen-bond donors (Lipinski definition) is 3. The molecule has 0 amide bonds. The van der Waals surface area contributed by atoms with Crippen LogP contribution in [0.1, 0.15) is 43.7 Å². The van der Waals surface area contributed by atoms with E-state index < -0.39 is 5.60 Å². The quantitative estimate of drug-likeness (QED) is 0.749. The van der Waals surface area contributed by atoms with E-state index >= 15 is 0 Å². The van der Waals surface area contributed by atoms with Gasteiger partial charge >= 0.3 is 0 Å². The van der Waals surface area contributed by atoms with Crippen molar-refractivity contribution in [2.45, 2.75) is 49.8 Å². The van der Waals surface area contributed by atoms with Crippen LogP contribution in [0.5, 0.6) is 0 Å². The third kappa shape index (κ3) is 3.82. The highest BCUT2D eigenvalue weighted by atomic mass is 16.3. The van der Waals surface area contributed by atoms with Gasteiger partial charge in [-0.15, -0.1) is 0 Å². The summed E-state index contributed by atoms with van der Waals surface area (Å²) in [4.78, 5) is 4.92. The average Bonchev–Trinajstić information content (AvgIpc) is 3.10. The number of piperidine rings is 2. The van der Waals surface area contributed by atoms with Gasteiger partial charge in [-0.1, -0.05) is 36.8 Å². The number of rotatable bonds is 5. The largest absolute Gasteiger partial charge is 0.387 e. The van der Waals surface area contributed by atoms with E-state index in [-0.39, 0.29) is 0 Å². The van der Waals surface area contributed by atoms with E-state index in [9.17, 15) is 5.11 Å². The third-order valence-electron chi connectivity index (χ3n) is 6.63. The summed E-state index contributed by atoms with van der Waals surface area (Å²) in [5, 5.41) is 11.5. The molecule has 3 aliphatic heterocycles. The standard InChI is InChI=1S/C21H34N4O/c1-24(15-18-14-22-23-20(18)17-8-3-2-4-9-17)16-21(26)11-7-13-25-12-6-5-10-19(21)25/h2-4,8-9,18-20,22-23,26H,5-7,10-16H2,1H3/t18?,19-,20?,21-/m1/s1. The minimum Gasteiger partial charge on any atom is -0.387 e. The van der Waals surface area contributed by atoms with Crippen molar-refractivity contribution in [1.29, 1.82) is 0 Å². The van der Waals surface area contributed by atoms with Gasteiger partial charge in [-0.05, 0) is 51.4 Å². The first-order chi connectivity index (χ1) is 12.7. The van der Waals surface area contributed by atoms with E-state index in [0.29, 0.717) is 18.0 Å². The summed E-state index contributed by atoms with van der Waals surface area (Å²) >= 11 is 0. The maximum atomic E-state index is 11.5. The van der Waals surface area contributed by atoms with Gasteiger partial charge in [0.2, 0.25) is 0 Å². The summed E-state index contributed by atoms with van der Waals surface area (Å²) in [5.41, 5.74) is 7.57. The highest BCUT2D eigenvalue weighted by Gasteiger charge is 2.44. The lowest BCUT2D eigenvalue weighted by molar-refractivity contribution is -0.107. The topological polar surface area (TPSA) is 50.8 Å². The molecule has 1 aromatic carbocycles. The zero-order valence-electron chi connectivity index (χ0n) is 16.0. The average molecular weight is 359 g/mol. The van der Waals surface area contributed by atoms with Gasteiger partial charge in [0.05, 0.1) is 11.6 Å². The minimum atomic E-state index is -0.547. The van der Waals surface area contributed by atoms with E-state index in [4.69, 9.17) is 0 Å². The molecule has 3 aliphatic rings. The van der Waals surface area contributed by atoms with Crippen molar-refractivity contribution in [3.8, 4) is 0 Å². The number of aliphatic hydroxyl groups is 1. The molecule has 26 heavy (non-hydrogen) atoms. The molecular weight excluding hydrogens is 324 g/mol. The number of nitrogens with one attached hydrogen (secondary N) is 2. The van der Waals surface area contributed by atoms with Gasteiger partial charge in [-0.25, -0.2) is 5.43 Å². The highest BCUT2D eigenvalue weighted by Crippen LogP contribution is 2.35. The number of likely N-dealkylation sites (N-methyl/N-ethyl adjacent to an activating group) is 1. The Bertz CT molecular complexity index is 581. The van der Waals surface area contributed by atoms with E-state index in [0.717, 1.165) is 38.9 Å². The van der Waals surface area contributed by atoms with Crippen LogP contribution in [0.15, 0.2) is 30.3 Å². The maximum Gasteiger partial charge on any atom is 0.0928 e. The number of nitrogens with zero attached hydrogens (tertiary/aromatic N) is 2. The SMILES string of the molecule is CN(CC1CNNC1c1ccccc1)C[C@]1(O)CCCN2CCCC[C@@H]21. The van der Waals surface area contributed by atoms with E-state index in [1.165, 1.54) is 31.5 Å². The summed E-state index contributed by atoms with van der Waals surface area (Å²) in [7, 11) is 2.18. The first-order valence-corrected chi connectivity index (χ1v) is 10.3. The van der Waals surface area contributed by atoms with Crippen LogP contribution in [0.2, 0.25) is 0 Å². The molecule has 0 bridgehead atoms. The zero-order chi connectivity index (χ0) is 18.0. The number of fused-ring (bicyclic) bond motifs is 1. The molecule has 4 rings (SSSR count). The molecule has 3 N–H and O–H groups in total. The van der Waals surface area contributed by atoms with Crippen molar-refractivity contribution in [2.24, 2.45) is 5.92 Å². The molecule has 0 aliphatic carbocycles. The van der Waals surface area contributed by atoms with Crippen LogP contribution >= 0.6 is 0 Å². The van der Waals surface area contributed by atoms with Crippen molar-refractivity contribution in [3.05, 3.63) is 35.9 Å². The second kappa shape index (κ2) is 7.95. The molecule has 4 atom stereocenters. The van der Waals surface area contributed by atoms with Crippen LogP contribution in [0, 0.1) is 5.92 Å². The van der Waals surface area contributed by atoms with E-state index in [1.807, 2.05) is 0 Å². The second-order valence-electron chi connectivity index (χ2n) is 8.63. The number of hydrogen-bond acceptors (Lipinski definition) is 5. The molecule has 3 fully saturated rings. The molecule has 1 aromatic rings. The molecule has 5 nitrogen and oxygen atoms in total. The summed E-state index contributed by atoms with van der Waals surface area (Å²) in [6.07, 6.45) is 5.78. The Morgan fingerprint density at radius 1 is 1.19 bits per heavy atom. The molecule has 3 heterocycles. The molecule has 3 saturated heterocycles. The summed E-state index contributed by atoms with van der Waals surface area (Å²) in [6.45, 7) is 5.09. The fourth-order valence-electron chi connectivity index (χ4n) is 5.46. The first-order valence-electron chi connectivity index (χ1n) is 10.3. The Labute approximate surface area is 157 Å². The van der Waals surface area contributed by atoms with E-state index in [1.54, 1.807) is 0 Å².